The summed E-state index contributed by atoms with van der Waals surface area (Å²) in [4.78, 5) is 22.4. The molecule has 1 aliphatic carbocycles. The van der Waals surface area contributed by atoms with E-state index in [1.54, 1.807) is 12.4 Å². The van der Waals surface area contributed by atoms with Gasteiger partial charge in [-0.25, -0.2) is 4.98 Å². The number of aromatic amines is 1. The lowest BCUT2D eigenvalue weighted by Crippen LogP contribution is -2.56. The summed E-state index contributed by atoms with van der Waals surface area (Å²) >= 11 is 12.5. The van der Waals surface area contributed by atoms with Crippen molar-refractivity contribution in [3.8, 4) is 0 Å². The number of H-pyrrole nitrogens is 1. The van der Waals surface area contributed by atoms with E-state index in [-0.39, 0.29) is 6.04 Å². The number of imidazole rings is 1. The molecule has 3 fully saturated rings. The molecule has 0 bridgehead atoms. The van der Waals surface area contributed by atoms with Crippen LogP contribution >= 0.6 is 23.2 Å². The van der Waals surface area contributed by atoms with Gasteiger partial charge < -0.3 is 20.1 Å². The number of halogens is 2. The molecule has 186 valence electrons. The standard InChI is InChI=1S/C26H33Cl2N7/c1-15-8-20(9-15)34-7-3-4-17(11-34)18-12-35(13-18)26-32-24-23(29-14-30-24)25(33-26)31-16(2)21-6-5-19(27)10-22(21)28/h5-6,10,14-18,20H,3-4,7-9,11-13H2,1-2H3,(H2,29,30,31,32,33)/t15?,16-,17+,20?/m1/s1. The summed E-state index contributed by atoms with van der Waals surface area (Å²) in [5, 5.41) is 4.78. The van der Waals surface area contributed by atoms with Crippen LogP contribution in [-0.4, -0.2) is 57.1 Å². The minimum atomic E-state index is -0.0550. The summed E-state index contributed by atoms with van der Waals surface area (Å²) in [5.41, 5.74) is 2.45. The maximum absolute atomic E-state index is 6.45. The van der Waals surface area contributed by atoms with Crippen LogP contribution in [0.15, 0.2) is 24.5 Å². The largest absolute Gasteiger partial charge is 0.362 e. The molecule has 0 radical (unpaired) electrons. The fourth-order valence-electron chi connectivity index (χ4n) is 6.09. The summed E-state index contributed by atoms with van der Waals surface area (Å²) in [7, 11) is 0. The molecule has 4 heterocycles. The van der Waals surface area contributed by atoms with E-state index in [4.69, 9.17) is 33.2 Å². The lowest BCUT2D eigenvalue weighted by atomic mass is 9.76. The van der Waals surface area contributed by atoms with Crippen molar-refractivity contribution in [3.63, 3.8) is 0 Å². The first-order chi connectivity index (χ1) is 16.9. The lowest BCUT2D eigenvalue weighted by molar-refractivity contribution is 0.0294. The third-order valence-corrected chi connectivity index (χ3v) is 8.83. The second-order valence-corrected chi connectivity index (χ2v) is 11.6. The Morgan fingerprint density at radius 2 is 1.94 bits per heavy atom. The number of likely N-dealkylation sites (tertiary alicyclic amines) is 1. The van der Waals surface area contributed by atoms with Crippen LogP contribution < -0.4 is 10.2 Å². The molecule has 9 heteroatoms. The van der Waals surface area contributed by atoms with Gasteiger partial charge in [-0.2, -0.15) is 9.97 Å². The highest BCUT2D eigenvalue weighted by molar-refractivity contribution is 6.35. The van der Waals surface area contributed by atoms with Gasteiger partial charge >= 0.3 is 0 Å². The zero-order valence-electron chi connectivity index (χ0n) is 20.3. The van der Waals surface area contributed by atoms with Crippen LogP contribution in [0.3, 0.4) is 0 Å². The van der Waals surface area contributed by atoms with E-state index in [2.05, 4.69) is 38.9 Å². The van der Waals surface area contributed by atoms with Crippen LogP contribution in [0.5, 0.6) is 0 Å². The Hall–Kier alpha value is -2.09. The third-order valence-electron chi connectivity index (χ3n) is 8.27. The maximum Gasteiger partial charge on any atom is 0.229 e. The van der Waals surface area contributed by atoms with Crippen LogP contribution in [0.4, 0.5) is 11.8 Å². The second-order valence-electron chi connectivity index (χ2n) is 10.8. The van der Waals surface area contributed by atoms with Crippen LogP contribution in [0, 0.1) is 17.8 Å². The Balaban J connectivity index is 1.15. The van der Waals surface area contributed by atoms with E-state index in [0.717, 1.165) is 59.7 Å². The van der Waals surface area contributed by atoms with Gasteiger partial charge in [-0.1, -0.05) is 36.2 Å². The predicted octanol–water partition coefficient (Wildman–Crippen LogP) is 5.78. The summed E-state index contributed by atoms with van der Waals surface area (Å²) in [6, 6.07) is 6.36. The molecule has 3 aliphatic rings. The normalized spacial score (nSPS) is 26.4. The molecule has 6 rings (SSSR count). The van der Waals surface area contributed by atoms with Crippen molar-refractivity contribution < 1.29 is 0 Å². The zero-order chi connectivity index (χ0) is 24.1. The minimum Gasteiger partial charge on any atom is -0.362 e. The van der Waals surface area contributed by atoms with E-state index >= 15 is 0 Å². The van der Waals surface area contributed by atoms with Gasteiger partial charge in [-0.3, -0.25) is 0 Å². The highest BCUT2D eigenvalue weighted by Gasteiger charge is 2.40. The van der Waals surface area contributed by atoms with Crippen molar-refractivity contribution in [2.75, 3.05) is 36.4 Å². The fraction of sp³-hybridized carbons (Fsp3) is 0.577. The first-order valence-corrected chi connectivity index (χ1v) is 13.6. The zero-order valence-corrected chi connectivity index (χ0v) is 21.9. The summed E-state index contributed by atoms with van der Waals surface area (Å²) in [6.45, 7) is 9.04. The molecule has 0 amide bonds. The molecule has 0 unspecified atom stereocenters. The van der Waals surface area contributed by atoms with Crippen molar-refractivity contribution in [1.82, 2.24) is 24.8 Å². The Labute approximate surface area is 216 Å². The summed E-state index contributed by atoms with van der Waals surface area (Å²) in [6.07, 6.45) is 7.13. The Bertz CT molecular complexity index is 1200. The molecule has 2 saturated heterocycles. The molecule has 35 heavy (non-hydrogen) atoms. The molecular weight excluding hydrogens is 481 g/mol. The SMILES string of the molecule is CC1CC(N2CCC[C@H](C3CN(c4nc(N[C@H](C)c5ccc(Cl)cc5Cl)c5[nH]cnc5n4)C3)C2)C1. The molecule has 2 atom stereocenters. The van der Waals surface area contributed by atoms with E-state index < -0.39 is 0 Å². The van der Waals surface area contributed by atoms with Gasteiger partial charge in [-0.15, -0.1) is 0 Å². The van der Waals surface area contributed by atoms with Crippen molar-refractivity contribution in [2.24, 2.45) is 17.8 Å². The number of aromatic nitrogens is 4. The molecule has 2 N–H and O–H groups in total. The van der Waals surface area contributed by atoms with Crippen LogP contribution in [0.25, 0.3) is 11.2 Å². The van der Waals surface area contributed by atoms with Crippen molar-refractivity contribution in [3.05, 3.63) is 40.1 Å². The van der Waals surface area contributed by atoms with Crippen molar-refractivity contribution in [2.45, 2.75) is 51.6 Å². The number of hydrogen-bond donors (Lipinski definition) is 2. The van der Waals surface area contributed by atoms with Crippen LogP contribution in [0.2, 0.25) is 10.0 Å². The van der Waals surface area contributed by atoms with Gasteiger partial charge in [0.15, 0.2) is 11.5 Å². The number of anilines is 2. The fourth-order valence-corrected chi connectivity index (χ4v) is 6.66. The second kappa shape index (κ2) is 9.41. The van der Waals surface area contributed by atoms with E-state index in [0.29, 0.717) is 15.7 Å². The predicted molar refractivity (Wildman–Crippen MR) is 142 cm³/mol. The van der Waals surface area contributed by atoms with Crippen LogP contribution in [-0.2, 0) is 0 Å². The molecule has 1 aromatic carbocycles. The summed E-state index contributed by atoms with van der Waals surface area (Å²) < 4.78 is 0. The maximum atomic E-state index is 6.45. The van der Waals surface area contributed by atoms with Gasteiger partial charge in [0, 0.05) is 35.7 Å². The molecule has 1 saturated carbocycles. The van der Waals surface area contributed by atoms with Crippen molar-refractivity contribution >= 4 is 46.1 Å². The van der Waals surface area contributed by atoms with Gasteiger partial charge in [-0.05, 0) is 74.6 Å². The number of fused-ring (bicyclic) bond motifs is 1. The van der Waals surface area contributed by atoms with Gasteiger partial charge in [0.25, 0.3) is 0 Å². The monoisotopic (exact) mass is 513 g/mol. The highest BCUT2D eigenvalue weighted by Crippen LogP contribution is 2.38. The van der Waals surface area contributed by atoms with E-state index in [9.17, 15) is 0 Å². The first-order valence-electron chi connectivity index (χ1n) is 12.9. The Morgan fingerprint density at radius 3 is 2.71 bits per heavy atom. The van der Waals surface area contributed by atoms with Gasteiger partial charge in [0.1, 0.15) is 5.52 Å². The number of piperidine rings is 1. The minimum absolute atomic E-state index is 0.0550. The van der Waals surface area contributed by atoms with E-state index in [1.165, 1.54) is 38.8 Å². The topological polar surface area (TPSA) is 73.0 Å². The first kappa shape index (κ1) is 23.3. The Kier molecular flexibility index (Phi) is 6.27. The van der Waals surface area contributed by atoms with Gasteiger partial charge in [0.05, 0.1) is 12.4 Å². The van der Waals surface area contributed by atoms with Crippen LogP contribution in [0.1, 0.15) is 51.1 Å². The molecule has 3 aromatic rings. The Morgan fingerprint density at radius 1 is 1.11 bits per heavy atom. The quantitative estimate of drug-likeness (QED) is 0.435. The number of rotatable bonds is 6. The molecule has 2 aliphatic heterocycles. The number of nitrogens with one attached hydrogen (secondary N) is 2. The smallest absolute Gasteiger partial charge is 0.229 e. The average Bonchev–Trinajstić information content (AvgIpc) is 3.25. The van der Waals surface area contributed by atoms with Crippen molar-refractivity contribution in [1.29, 1.82) is 0 Å². The molecule has 2 aromatic heterocycles. The van der Waals surface area contributed by atoms with E-state index in [1.807, 2.05) is 12.1 Å². The third kappa shape index (κ3) is 4.58. The molecular formula is C26H33Cl2N7. The lowest BCUT2D eigenvalue weighted by Gasteiger charge is -2.50. The average molecular weight is 515 g/mol. The van der Waals surface area contributed by atoms with Gasteiger partial charge in [0.2, 0.25) is 5.95 Å². The molecule has 7 nitrogen and oxygen atoms in total. The number of benzene rings is 1. The summed E-state index contributed by atoms with van der Waals surface area (Å²) in [5.74, 6) is 3.91. The molecule has 0 spiro atoms. The number of hydrogen-bond acceptors (Lipinski definition) is 6. The highest BCUT2D eigenvalue weighted by atomic mass is 35.5. The number of nitrogens with zero attached hydrogens (tertiary/aromatic N) is 5.